The Morgan fingerprint density at radius 1 is 1.67 bits per heavy atom. The van der Waals surface area contributed by atoms with Crippen molar-refractivity contribution in [1.82, 2.24) is 4.90 Å². The Morgan fingerprint density at radius 3 is 3.00 bits per heavy atom. The summed E-state index contributed by atoms with van der Waals surface area (Å²) in [5.41, 5.74) is 5.64. The Balaban J connectivity index is 2.54. The summed E-state index contributed by atoms with van der Waals surface area (Å²) in [6.07, 6.45) is 2.96. The molecular weight excluding hydrogens is 230 g/mol. The number of hydrogen-bond donors (Lipinski definition) is 1. The molecule has 1 atom stereocenters. The molecule has 0 aliphatic heterocycles. The molecule has 5 heteroatoms. The molecule has 1 amide bonds. The van der Waals surface area contributed by atoms with Crippen LogP contribution in [0.3, 0.4) is 0 Å². The molecule has 5 nitrogen and oxygen atoms in total. The number of nitrogens with zero attached hydrogens (tertiary/aromatic N) is 2. The van der Waals surface area contributed by atoms with Gasteiger partial charge in [0.2, 0.25) is 5.91 Å². The van der Waals surface area contributed by atoms with Gasteiger partial charge in [0, 0.05) is 19.0 Å². The van der Waals surface area contributed by atoms with Gasteiger partial charge in [-0.25, -0.2) is 0 Å². The van der Waals surface area contributed by atoms with Crippen LogP contribution in [0.2, 0.25) is 0 Å². The molecule has 0 fully saturated rings. The van der Waals surface area contributed by atoms with Crippen molar-refractivity contribution in [2.75, 3.05) is 6.54 Å². The SMILES string of the molecule is CC(N)CCC(=O)N(CCC#N)Cc1ccco1. The summed E-state index contributed by atoms with van der Waals surface area (Å²) in [6, 6.07) is 5.66. The summed E-state index contributed by atoms with van der Waals surface area (Å²) in [5, 5.41) is 8.61. The van der Waals surface area contributed by atoms with E-state index in [4.69, 9.17) is 15.4 Å². The van der Waals surface area contributed by atoms with Crippen LogP contribution in [0.5, 0.6) is 0 Å². The Kier molecular flexibility index (Phi) is 5.95. The minimum Gasteiger partial charge on any atom is -0.467 e. The van der Waals surface area contributed by atoms with Crippen LogP contribution in [0.15, 0.2) is 22.8 Å². The van der Waals surface area contributed by atoms with Crippen LogP contribution in [0.4, 0.5) is 0 Å². The fourth-order valence-electron chi connectivity index (χ4n) is 1.58. The quantitative estimate of drug-likeness (QED) is 0.796. The highest BCUT2D eigenvalue weighted by Crippen LogP contribution is 2.09. The predicted octanol–water partition coefficient (Wildman–Crippen LogP) is 1.65. The van der Waals surface area contributed by atoms with E-state index in [0.29, 0.717) is 32.4 Å². The molecule has 1 aromatic rings. The first kappa shape index (κ1) is 14.3. The van der Waals surface area contributed by atoms with Gasteiger partial charge in [-0.3, -0.25) is 4.79 Å². The smallest absolute Gasteiger partial charge is 0.223 e. The van der Waals surface area contributed by atoms with E-state index in [1.54, 1.807) is 17.2 Å². The largest absolute Gasteiger partial charge is 0.467 e. The van der Waals surface area contributed by atoms with Gasteiger partial charge in [-0.05, 0) is 25.5 Å². The van der Waals surface area contributed by atoms with Crippen LogP contribution in [0, 0.1) is 11.3 Å². The fraction of sp³-hybridized carbons (Fsp3) is 0.538. The minimum absolute atomic E-state index is 0.00961. The van der Waals surface area contributed by atoms with Crippen molar-refractivity contribution >= 4 is 5.91 Å². The standard InChI is InChI=1S/C13H19N3O2/c1-11(15)5-6-13(17)16(8-3-7-14)10-12-4-2-9-18-12/h2,4,9,11H,3,5-6,8,10,15H2,1H3. The monoisotopic (exact) mass is 249 g/mol. The molecular formula is C13H19N3O2. The number of nitriles is 1. The molecule has 1 unspecified atom stereocenters. The molecule has 0 radical (unpaired) electrons. The maximum Gasteiger partial charge on any atom is 0.223 e. The molecule has 0 spiro atoms. The highest BCUT2D eigenvalue weighted by molar-refractivity contribution is 5.76. The highest BCUT2D eigenvalue weighted by Gasteiger charge is 2.15. The van der Waals surface area contributed by atoms with Gasteiger partial charge in [0.05, 0.1) is 25.3 Å². The summed E-state index contributed by atoms with van der Waals surface area (Å²) in [6.45, 7) is 2.71. The maximum atomic E-state index is 12.0. The second-order valence-corrected chi connectivity index (χ2v) is 4.32. The van der Waals surface area contributed by atoms with E-state index in [9.17, 15) is 4.79 Å². The number of rotatable bonds is 7. The molecule has 0 aliphatic carbocycles. The molecule has 1 rings (SSSR count). The zero-order chi connectivity index (χ0) is 13.4. The molecule has 0 aliphatic rings. The lowest BCUT2D eigenvalue weighted by Crippen LogP contribution is -2.32. The van der Waals surface area contributed by atoms with E-state index < -0.39 is 0 Å². The van der Waals surface area contributed by atoms with Crippen molar-refractivity contribution in [1.29, 1.82) is 5.26 Å². The third kappa shape index (κ3) is 5.02. The van der Waals surface area contributed by atoms with Crippen molar-refractivity contribution < 1.29 is 9.21 Å². The van der Waals surface area contributed by atoms with Crippen molar-refractivity contribution in [3.05, 3.63) is 24.2 Å². The minimum atomic E-state index is 0.00961. The number of carbonyl (C=O) groups excluding carboxylic acids is 1. The van der Waals surface area contributed by atoms with E-state index in [1.807, 2.05) is 19.1 Å². The number of furan rings is 1. The fourth-order valence-corrected chi connectivity index (χ4v) is 1.58. The molecule has 98 valence electrons. The molecule has 1 heterocycles. The summed E-state index contributed by atoms with van der Waals surface area (Å²) in [5.74, 6) is 0.737. The zero-order valence-corrected chi connectivity index (χ0v) is 10.6. The van der Waals surface area contributed by atoms with Crippen molar-refractivity contribution in [3.8, 4) is 6.07 Å². The Hall–Kier alpha value is -1.80. The average Bonchev–Trinajstić information content (AvgIpc) is 2.84. The van der Waals surface area contributed by atoms with E-state index >= 15 is 0 Å². The van der Waals surface area contributed by atoms with Gasteiger partial charge >= 0.3 is 0 Å². The number of amides is 1. The first-order chi connectivity index (χ1) is 8.63. The summed E-state index contributed by atoms with van der Waals surface area (Å²) in [4.78, 5) is 13.6. The first-order valence-corrected chi connectivity index (χ1v) is 6.06. The Morgan fingerprint density at radius 2 is 2.44 bits per heavy atom. The molecule has 0 saturated heterocycles. The van der Waals surface area contributed by atoms with E-state index in [-0.39, 0.29) is 11.9 Å². The zero-order valence-electron chi connectivity index (χ0n) is 10.6. The van der Waals surface area contributed by atoms with E-state index in [0.717, 1.165) is 5.76 Å². The van der Waals surface area contributed by atoms with Gasteiger partial charge in [0.15, 0.2) is 0 Å². The number of hydrogen-bond acceptors (Lipinski definition) is 4. The van der Waals surface area contributed by atoms with Gasteiger partial charge < -0.3 is 15.1 Å². The van der Waals surface area contributed by atoms with Crippen LogP contribution >= 0.6 is 0 Å². The number of nitrogens with two attached hydrogens (primary N) is 1. The lowest BCUT2D eigenvalue weighted by Gasteiger charge is -2.20. The average molecular weight is 249 g/mol. The van der Waals surface area contributed by atoms with Gasteiger partial charge in [0.25, 0.3) is 0 Å². The van der Waals surface area contributed by atoms with Crippen LogP contribution in [0.25, 0.3) is 0 Å². The molecule has 1 aromatic heterocycles. The van der Waals surface area contributed by atoms with Gasteiger partial charge in [-0.1, -0.05) is 0 Å². The van der Waals surface area contributed by atoms with Crippen LogP contribution in [-0.2, 0) is 11.3 Å². The van der Waals surface area contributed by atoms with Crippen LogP contribution in [-0.4, -0.2) is 23.4 Å². The van der Waals surface area contributed by atoms with Crippen molar-refractivity contribution in [3.63, 3.8) is 0 Å². The molecule has 2 N–H and O–H groups in total. The van der Waals surface area contributed by atoms with E-state index in [2.05, 4.69) is 0 Å². The summed E-state index contributed by atoms with van der Waals surface area (Å²) >= 11 is 0. The Labute approximate surface area is 107 Å². The molecule has 18 heavy (non-hydrogen) atoms. The van der Waals surface area contributed by atoms with Gasteiger partial charge in [-0.2, -0.15) is 5.26 Å². The highest BCUT2D eigenvalue weighted by atomic mass is 16.3. The summed E-state index contributed by atoms with van der Waals surface area (Å²) < 4.78 is 5.22. The van der Waals surface area contributed by atoms with Crippen molar-refractivity contribution in [2.24, 2.45) is 5.73 Å². The second kappa shape index (κ2) is 7.51. The lowest BCUT2D eigenvalue weighted by atomic mass is 10.2. The van der Waals surface area contributed by atoms with E-state index in [1.165, 1.54) is 0 Å². The number of carbonyl (C=O) groups is 1. The Bertz CT molecular complexity index is 393. The molecule has 0 bridgehead atoms. The van der Waals surface area contributed by atoms with Crippen LogP contribution < -0.4 is 5.73 Å². The second-order valence-electron chi connectivity index (χ2n) is 4.32. The van der Waals surface area contributed by atoms with Crippen molar-refractivity contribution in [2.45, 2.75) is 38.8 Å². The molecule has 0 aromatic carbocycles. The third-order valence-corrected chi connectivity index (χ3v) is 2.59. The molecule has 0 saturated carbocycles. The lowest BCUT2D eigenvalue weighted by molar-refractivity contribution is -0.132. The third-order valence-electron chi connectivity index (χ3n) is 2.59. The summed E-state index contributed by atoms with van der Waals surface area (Å²) in [7, 11) is 0. The maximum absolute atomic E-state index is 12.0. The topological polar surface area (TPSA) is 83.3 Å². The van der Waals surface area contributed by atoms with Gasteiger partial charge in [0.1, 0.15) is 5.76 Å². The normalized spacial score (nSPS) is 11.8. The predicted molar refractivity (Wildman–Crippen MR) is 67.2 cm³/mol. The first-order valence-electron chi connectivity index (χ1n) is 6.06. The van der Waals surface area contributed by atoms with Gasteiger partial charge in [-0.15, -0.1) is 0 Å². The van der Waals surface area contributed by atoms with Crippen LogP contribution in [0.1, 0.15) is 31.9 Å².